The monoisotopic (exact) mass is 1040 g/mol. The first-order chi connectivity index (χ1) is 36.9. The Labute approximate surface area is 455 Å². The molecule has 1 saturated heterocycles. The van der Waals surface area contributed by atoms with Crippen LogP contribution in [0.25, 0.3) is 0 Å². The van der Waals surface area contributed by atoms with Crippen LogP contribution < -0.4 is 0 Å². The Morgan fingerprint density at radius 3 is 1.28 bits per heavy atom. The molecule has 1 fully saturated rings. The number of unbranched alkanes of at least 4 members (excludes halogenated alkanes) is 24. The highest BCUT2D eigenvalue weighted by atomic mass is 32.1. The third kappa shape index (κ3) is 29.1. The van der Waals surface area contributed by atoms with Crippen LogP contribution in [0.2, 0.25) is 0 Å². The molecule has 10 heteroatoms. The van der Waals surface area contributed by atoms with Gasteiger partial charge in [0, 0.05) is 20.6 Å². The van der Waals surface area contributed by atoms with Gasteiger partial charge in [0.25, 0.3) is 0 Å². The van der Waals surface area contributed by atoms with Crippen LogP contribution in [0.15, 0.2) is 91.0 Å². The molecule has 6 atom stereocenters. The first-order valence-corrected chi connectivity index (χ1v) is 29.7. The van der Waals surface area contributed by atoms with Crippen LogP contribution in [0.5, 0.6) is 0 Å². The second-order valence-electron chi connectivity index (χ2n) is 20.7. The summed E-state index contributed by atoms with van der Waals surface area (Å²) < 4.78 is 54.0. The number of carbonyl (C=O) groups is 2. The molecule has 74 heavy (non-hydrogen) atoms. The van der Waals surface area contributed by atoms with E-state index in [1.165, 1.54) is 128 Å². The number of thiocarbonyl (C=S) groups is 1. The van der Waals surface area contributed by atoms with Gasteiger partial charge in [0.1, 0.15) is 24.9 Å². The Morgan fingerprint density at radius 2 is 0.865 bits per heavy atom. The fourth-order valence-corrected chi connectivity index (χ4v) is 9.83. The zero-order valence-electron chi connectivity index (χ0n) is 47.0. The molecule has 2 unspecified atom stereocenters. The number of rotatable bonds is 45. The average Bonchev–Trinajstić information content (AvgIpc) is 3.43. The molecule has 1 aliphatic heterocycles. The Bertz CT molecular complexity index is 1850. The van der Waals surface area contributed by atoms with Gasteiger partial charge in [-0.2, -0.15) is 0 Å². The molecule has 1 aliphatic rings. The molecule has 0 amide bonds. The summed E-state index contributed by atoms with van der Waals surface area (Å²) in [6.45, 7) is 4.97. The topological polar surface area (TPSA) is 98.8 Å². The van der Waals surface area contributed by atoms with Crippen LogP contribution in [0, 0.1) is 0 Å². The number of esters is 2. The quantitative estimate of drug-likeness (QED) is 0.0309. The summed E-state index contributed by atoms with van der Waals surface area (Å²) in [7, 11) is 0. The molecular weight excluding hydrogens is 945 g/mol. The van der Waals surface area contributed by atoms with Crippen LogP contribution in [-0.2, 0) is 62.6 Å². The van der Waals surface area contributed by atoms with Crippen molar-refractivity contribution in [3.8, 4) is 0 Å². The van der Waals surface area contributed by atoms with Gasteiger partial charge in [0.2, 0.25) is 0 Å². The SMILES string of the molecule is [2H]CC(=S)C[C@H]1OC(OCC(COC(=O)CCCCCCCCCCCCCCC)OC(=O)CCCCCCCCCCCCCCC)[C@H](OCc2ccccc2)[C@@H](OCc2ccccc2)[C@@H]1OCc1ccccc1. The smallest absolute Gasteiger partial charge is 0.306 e. The van der Waals surface area contributed by atoms with Gasteiger partial charge in [-0.3, -0.25) is 9.59 Å². The van der Waals surface area contributed by atoms with Crippen LogP contribution >= 0.6 is 12.2 Å². The Morgan fingerprint density at radius 1 is 0.486 bits per heavy atom. The van der Waals surface area contributed by atoms with Crippen molar-refractivity contribution >= 4 is 29.0 Å². The lowest BCUT2D eigenvalue weighted by Crippen LogP contribution is -2.61. The maximum absolute atomic E-state index is 13.6. The van der Waals surface area contributed by atoms with Gasteiger partial charge in [-0.25, -0.2) is 0 Å². The third-order valence-corrected chi connectivity index (χ3v) is 14.2. The number of carbonyl (C=O) groups excluding carboxylic acids is 2. The average molecular weight is 1040 g/mol. The zero-order valence-corrected chi connectivity index (χ0v) is 46.8. The second-order valence-corrected chi connectivity index (χ2v) is 21.3. The molecule has 0 saturated carbocycles. The summed E-state index contributed by atoms with van der Waals surface area (Å²) in [5.41, 5.74) is 2.90. The molecule has 0 spiro atoms. The summed E-state index contributed by atoms with van der Waals surface area (Å²) >= 11 is 5.68. The maximum Gasteiger partial charge on any atom is 0.306 e. The predicted molar refractivity (Wildman–Crippen MR) is 304 cm³/mol. The highest BCUT2D eigenvalue weighted by molar-refractivity contribution is 7.80. The van der Waals surface area contributed by atoms with Gasteiger partial charge in [-0.15, -0.1) is 0 Å². The number of hydrogen-bond donors (Lipinski definition) is 0. The summed E-state index contributed by atoms with van der Waals surface area (Å²) in [5.74, 6) is -0.664. The molecule has 414 valence electrons. The van der Waals surface area contributed by atoms with Crippen molar-refractivity contribution in [2.45, 2.75) is 264 Å². The van der Waals surface area contributed by atoms with E-state index in [0.29, 0.717) is 11.3 Å². The van der Waals surface area contributed by atoms with Gasteiger partial charge in [-0.05, 0) is 41.3 Å². The molecule has 4 rings (SSSR count). The van der Waals surface area contributed by atoms with Crippen molar-refractivity contribution in [1.82, 2.24) is 0 Å². The molecule has 0 aliphatic carbocycles. The first-order valence-electron chi connectivity index (χ1n) is 30.0. The summed E-state index contributed by atoms with van der Waals surface area (Å²) in [6.07, 6.45) is 27.7. The van der Waals surface area contributed by atoms with Crippen molar-refractivity contribution in [2.24, 2.45) is 0 Å². The van der Waals surface area contributed by atoms with E-state index >= 15 is 0 Å². The van der Waals surface area contributed by atoms with E-state index in [9.17, 15) is 9.59 Å². The van der Waals surface area contributed by atoms with Crippen LogP contribution in [0.1, 0.15) is 225 Å². The minimum atomic E-state index is -1.03. The largest absolute Gasteiger partial charge is 0.462 e. The second kappa shape index (κ2) is 41.6. The first kappa shape index (κ1) is 61.3. The van der Waals surface area contributed by atoms with Gasteiger partial charge >= 0.3 is 11.9 Å². The summed E-state index contributed by atoms with van der Waals surface area (Å²) in [5, 5.41) is 0. The fourth-order valence-electron chi connectivity index (χ4n) is 9.66. The van der Waals surface area contributed by atoms with E-state index in [1.54, 1.807) is 0 Å². The maximum atomic E-state index is 13.6. The van der Waals surface area contributed by atoms with Gasteiger partial charge in [-0.1, -0.05) is 271 Å². The third-order valence-electron chi connectivity index (χ3n) is 14.0. The van der Waals surface area contributed by atoms with Crippen LogP contribution in [-0.4, -0.2) is 66.8 Å². The van der Waals surface area contributed by atoms with Gasteiger partial charge in [0.15, 0.2) is 12.4 Å². The molecule has 0 aromatic heterocycles. The number of ether oxygens (including phenoxy) is 7. The number of benzene rings is 3. The zero-order chi connectivity index (χ0) is 53.2. The summed E-state index contributed by atoms with van der Waals surface area (Å²) in [6, 6.07) is 29.8. The van der Waals surface area contributed by atoms with E-state index in [-0.39, 0.29) is 64.7 Å². The lowest BCUT2D eigenvalue weighted by atomic mass is 9.94. The minimum Gasteiger partial charge on any atom is -0.462 e. The lowest BCUT2D eigenvalue weighted by molar-refractivity contribution is -0.325. The van der Waals surface area contributed by atoms with E-state index in [2.05, 4.69) is 13.8 Å². The highest BCUT2D eigenvalue weighted by Gasteiger charge is 2.49. The van der Waals surface area contributed by atoms with Gasteiger partial charge < -0.3 is 33.2 Å². The molecule has 3 aromatic rings. The van der Waals surface area contributed by atoms with E-state index < -0.39 is 36.8 Å². The predicted octanol–water partition coefficient (Wildman–Crippen LogP) is 16.7. The molecule has 0 bridgehead atoms. The van der Waals surface area contributed by atoms with Crippen molar-refractivity contribution in [2.75, 3.05) is 13.2 Å². The Kier molecular flexibility index (Phi) is 34.5. The normalized spacial score (nSPS) is 18.2. The van der Waals surface area contributed by atoms with Crippen molar-refractivity contribution in [3.63, 3.8) is 0 Å². The molecule has 1 heterocycles. The van der Waals surface area contributed by atoms with Crippen LogP contribution in [0.4, 0.5) is 0 Å². The molecule has 0 radical (unpaired) electrons. The van der Waals surface area contributed by atoms with Crippen LogP contribution in [0.3, 0.4) is 0 Å². The van der Waals surface area contributed by atoms with E-state index in [4.69, 9.17) is 46.7 Å². The van der Waals surface area contributed by atoms with E-state index in [1.807, 2.05) is 91.0 Å². The van der Waals surface area contributed by atoms with Crippen molar-refractivity contribution < 1.29 is 44.1 Å². The highest BCUT2D eigenvalue weighted by Crippen LogP contribution is 2.33. The van der Waals surface area contributed by atoms with Crippen molar-refractivity contribution in [1.29, 1.82) is 0 Å². The lowest BCUT2D eigenvalue weighted by Gasteiger charge is -2.46. The fraction of sp³-hybridized carbons (Fsp3) is 0.672. The number of hydrogen-bond acceptors (Lipinski definition) is 10. The van der Waals surface area contributed by atoms with Crippen molar-refractivity contribution in [3.05, 3.63) is 108 Å². The molecule has 0 N–H and O–H groups in total. The molecule has 3 aromatic carbocycles. The van der Waals surface area contributed by atoms with E-state index in [0.717, 1.165) is 55.2 Å². The standard InChI is InChI=1S/C64H98O9S/c1-4-6-8-10-12-14-16-18-20-22-24-26-37-45-59(65)67-51-57(72-60(66)46-38-27-25-23-21-19-17-15-13-11-9-7-5-2)52-71-64-63(70-50-56-43-35-30-36-44-56)62(69-49-55-41-33-29-34-42-55)61(58(73-64)47-53(3)74)68-48-54-39-31-28-32-40-54/h28-36,39-44,57-58,61-64H,4-27,37-38,45-52H2,1-3H3/t57?,58-,61-,62+,63-,64?/m1/s1/i3D. The summed E-state index contributed by atoms with van der Waals surface area (Å²) in [4.78, 5) is 27.3. The van der Waals surface area contributed by atoms with Gasteiger partial charge in [0.05, 0.1) is 32.5 Å². The molecule has 9 nitrogen and oxygen atoms in total. The Balaban J connectivity index is 1.43. The molecular formula is C64H98O9S. The minimum absolute atomic E-state index is 0.0580. The Hall–Kier alpha value is -3.51.